The summed E-state index contributed by atoms with van der Waals surface area (Å²) in [6.07, 6.45) is 1.76. The van der Waals surface area contributed by atoms with Gasteiger partial charge in [0, 0.05) is 16.7 Å². The molecule has 0 aliphatic rings. The van der Waals surface area contributed by atoms with E-state index in [-0.39, 0.29) is 6.04 Å². The molecule has 0 amide bonds. The van der Waals surface area contributed by atoms with Crippen LogP contribution in [0.4, 0.5) is 5.82 Å². The number of benzene rings is 1. The monoisotopic (exact) mass is 273 g/mol. The van der Waals surface area contributed by atoms with Crippen molar-refractivity contribution < 1.29 is 0 Å². The maximum Gasteiger partial charge on any atom is 0.128 e. The highest BCUT2D eigenvalue weighted by Gasteiger charge is 2.13. The molecule has 1 aromatic heterocycles. The molecule has 4 N–H and O–H groups in total. The van der Waals surface area contributed by atoms with Crippen molar-refractivity contribution in [3.05, 3.63) is 53.2 Å². The molecule has 0 fully saturated rings. The number of pyridine rings is 1. The molecule has 2 aromatic rings. The summed E-state index contributed by atoms with van der Waals surface area (Å²) in [4.78, 5) is 5.42. The molecule has 1 aromatic carbocycles. The van der Waals surface area contributed by atoms with Gasteiger partial charge in [0.15, 0.2) is 0 Å². The fraction of sp³-hybridized carbons (Fsp3) is 0.267. The lowest BCUT2D eigenvalue weighted by Crippen LogP contribution is -2.14. The van der Waals surface area contributed by atoms with Gasteiger partial charge in [-0.05, 0) is 42.0 Å². The maximum absolute atomic E-state index is 6.28. The first kappa shape index (κ1) is 13.9. The van der Waals surface area contributed by atoms with E-state index in [4.69, 9.17) is 11.5 Å². The van der Waals surface area contributed by atoms with Crippen molar-refractivity contribution in [2.24, 2.45) is 5.73 Å². The van der Waals surface area contributed by atoms with E-state index in [9.17, 15) is 0 Å². The highest BCUT2D eigenvalue weighted by Crippen LogP contribution is 2.26. The van der Waals surface area contributed by atoms with Crippen molar-refractivity contribution in [2.45, 2.75) is 24.8 Å². The first-order valence-corrected chi connectivity index (χ1v) is 7.30. The third kappa shape index (κ3) is 3.28. The number of hydrogen-bond acceptors (Lipinski definition) is 4. The van der Waals surface area contributed by atoms with E-state index in [1.807, 2.05) is 24.8 Å². The second kappa shape index (κ2) is 6.08. The van der Waals surface area contributed by atoms with Crippen LogP contribution in [0.15, 0.2) is 41.4 Å². The Morgan fingerprint density at radius 1 is 1.26 bits per heavy atom. The number of thioether (sulfide) groups is 1. The van der Waals surface area contributed by atoms with Crippen LogP contribution in [0.2, 0.25) is 0 Å². The van der Waals surface area contributed by atoms with Crippen LogP contribution in [0, 0.1) is 6.92 Å². The molecule has 0 saturated carbocycles. The Balaban J connectivity index is 2.27. The van der Waals surface area contributed by atoms with Gasteiger partial charge in [-0.3, -0.25) is 0 Å². The normalized spacial score (nSPS) is 12.4. The van der Waals surface area contributed by atoms with Crippen LogP contribution in [-0.2, 0) is 0 Å². The highest BCUT2D eigenvalue weighted by atomic mass is 32.2. The molecule has 100 valence electrons. The second-order valence-corrected chi connectivity index (χ2v) is 5.80. The van der Waals surface area contributed by atoms with Crippen LogP contribution in [-0.4, -0.2) is 10.7 Å². The minimum atomic E-state index is -0.229. The van der Waals surface area contributed by atoms with E-state index >= 15 is 0 Å². The summed E-state index contributed by atoms with van der Waals surface area (Å²) in [7, 11) is 0. The molecular weight excluding hydrogens is 254 g/mol. The van der Waals surface area contributed by atoms with Crippen molar-refractivity contribution in [3.63, 3.8) is 0 Å². The van der Waals surface area contributed by atoms with Crippen LogP contribution in [0.25, 0.3) is 0 Å². The Morgan fingerprint density at radius 2 is 1.95 bits per heavy atom. The molecule has 1 atom stereocenters. The Labute approximate surface area is 118 Å². The summed E-state index contributed by atoms with van der Waals surface area (Å²) in [5.74, 6) is 1.57. The van der Waals surface area contributed by atoms with Crippen molar-refractivity contribution >= 4 is 17.6 Å². The Kier molecular flexibility index (Phi) is 4.45. The molecule has 0 bridgehead atoms. The second-order valence-electron chi connectivity index (χ2n) is 4.47. The Bertz CT molecular complexity index is 552. The van der Waals surface area contributed by atoms with Crippen LogP contribution in [0.3, 0.4) is 0 Å². The summed E-state index contributed by atoms with van der Waals surface area (Å²) in [5, 5.41) is 0. The summed E-state index contributed by atoms with van der Waals surface area (Å²) in [6.45, 7) is 4.13. The zero-order chi connectivity index (χ0) is 13.8. The molecule has 0 aliphatic heterocycles. The lowest BCUT2D eigenvalue weighted by Gasteiger charge is -2.15. The standard InChI is InChI=1S/C15H19N3S/c1-3-19-12-6-4-11(5-7-12)14(16)13-8-10(2)9-18-15(13)17/h4-9,14H,3,16H2,1-2H3,(H2,17,18). The van der Waals surface area contributed by atoms with E-state index in [0.717, 1.165) is 22.4 Å². The van der Waals surface area contributed by atoms with Crippen LogP contribution in [0.1, 0.15) is 29.7 Å². The van der Waals surface area contributed by atoms with Gasteiger partial charge in [0.05, 0.1) is 6.04 Å². The molecule has 0 aliphatic carbocycles. The zero-order valence-electron chi connectivity index (χ0n) is 11.3. The number of aryl methyl sites for hydroxylation is 1. The Morgan fingerprint density at radius 3 is 2.58 bits per heavy atom. The van der Waals surface area contributed by atoms with Gasteiger partial charge in [0.2, 0.25) is 0 Å². The van der Waals surface area contributed by atoms with Crippen LogP contribution in [0.5, 0.6) is 0 Å². The van der Waals surface area contributed by atoms with Gasteiger partial charge in [-0.25, -0.2) is 4.98 Å². The topological polar surface area (TPSA) is 64.9 Å². The van der Waals surface area contributed by atoms with E-state index in [1.165, 1.54) is 4.90 Å². The number of nitrogen functional groups attached to an aromatic ring is 1. The third-order valence-corrected chi connectivity index (χ3v) is 3.87. The number of anilines is 1. The molecule has 4 heteroatoms. The number of aromatic nitrogens is 1. The first-order valence-electron chi connectivity index (χ1n) is 6.32. The van der Waals surface area contributed by atoms with Crippen molar-refractivity contribution in [2.75, 3.05) is 11.5 Å². The van der Waals surface area contributed by atoms with E-state index in [0.29, 0.717) is 5.82 Å². The fourth-order valence-corrected chi connectivity index (χ4v) is 2.63. The minimum absolute atomic E-state index is 0.229. The van der Waals surface area contributed by atoms with Gasteiger partial charge in [-0.2, -0.15) is 0 Å². The SMILES string of the molecule is CCSc1ccc(C(N)c2cc(C)cnc2N)cc1. The largest absolute Gasteiger partial charge is 0.383 e. The van der Waals surface area contributed by atoms with Gasteiger partial charge in [-0.1, -0.05) is 19.1 Å². The fourth-order valence-electron chi connectivity index (χ4n) is 1.97. The summed E-state index contributed by atoms with van der Waals surface area (Å²) in [5.41, 5.74) is 15.2. The summed E-state index contributed by atoms with van der Waals surface area (Å²) >= 11 is 1.82. The molecule has 1 heterocycles. The van der Waals surface area contributed by atoms with E-state index in [2.05, 4.69) is 36.2 Å². The molecule has 3 nitrogen and oxygen atoms in total. The van der Waals surface area contributed by atoms with Crippen LogP contribution < -0.4 is 11.5 Å². The summed E-state index contributed by atoms with van der Waals surface area (Å²) < 4.78 is 0. The van der Waals surface area contributed by atoms with E-state index in [1.54, 1.807) is 6.20 Å². The molecule has 2 rings (SSSR count). The molecule has 0 spiro atoms. The van der Waals surface area contributed by atoms with Crippen molar-refractivity contribution in [3.8, 4) is 0 Å². The minimum Gasteiger partial charge on any atom is -0.383 e. The average molecular weight is 273 g/mol. The zero-order valence-corrected chi connectivity index (χ0v) is 12.1. The number of nitrogens with zero attached hydrogens (tertiary/aromatic N) is 1. The van der Waals surface area contributed by atoms with Crippen LogP contribution >= 0.6 is 11.8 Å². The predicted octanol–water partition coefficient (Wildman–Crippen LogP) is 3.13. The quantitative estimate of drug-likeness (QED) is 0.840. The van der Waals surface area contributed by atoms with Gasteiger partial charge >= 0.3 is 0 Å². The van der Waals surface area contributed by atoms with Gasteiger partial charge in [0.1, 0.15) is 5.82 Å². The lowest BCUT2D eigenvalue weighted by molar-refractivity contribution is 0.863. The number of hydrogen-bond donors (Lipinski definition) is 2. The molecule has 1 unspecified atom stereocenters. The predicted molar refractivity (Wildman–Crippen MR) is 82.3 cm³/mol. The maximum atomic E-state index is 6.28. The molecule has 0 radical (unpaired) electrons. The first-order chi connectivity index (χ1) is 9.11. The number of rotatable bonds is 4. The molecular formula is C15H19N3S. The smallest absolute Gasteiger partial charge is 0.128 e. The van der Waals surface area contributed by atoms with Gasteiger partial charge < -0.3 is 11.5 Å². The lowest BCUT2D eigenvalue weighted by atomic mass is 9.99. The summed E-state index contributed by atoms with van der Waals surface area (Å²) in [6, 6.07) is 10.1. The van der Waals surface area contributed by atoms with E-state index < -0.39 is 0 Å². The number of nitrogens with two attached hydrogens (primary N) is 2. The Hall–Kier alpha value is -1.52. The molecule has 19 heavy (non-hydrogen) atoms. The van der Waals surface area contributed by atoms with Crippen molar-refractivity contribution in [1.82, 2.24) is 4.98 Å². The van der Waals surface area contributed by atoms with Gasteiger partial charge in [-0.15, -0.1) is 11.8 Å². The van der Waals surface area contributed by atoms with Gasteiger partial charge in [0.25, 0.3) is 0 Å². The third-order valence-electron chi connectivity index (χ3n) is 2.97. The highest BCUT2D eigenvalue weighted by molar-refractivity contribution is 7.99. The molecule has 0 saturated heterocycles. The average Bonchev–Trinajstić information content (AvgIpc) is 2.42. The van der Waals surface area contributed by atoms with Crippen molar-refractivity contribution in [1.29, 1.82) is 0 Å².